The van der Waals surface area contributed by atoms with E-state index in [1.54, 1.807) is 4.90 Å². The second kappa shape index (κ2) is 5.33. The summed E-state index contributed by atoms with van der Waals surface area (Å²) in [5.41, 5.74) is -0.653. The van der Waals surface area contributed by atoms with Crippen LogP contribution in [0.5, 0.6) is 0 Å². The van der Waals surface area contributed by atoms with Crippen LogP contribution in [0.15, 0.2) is 24.3 Å². The summed E-state index contributed by atoms with van der Waals surface area (Å²) in [6, 6.07) is 4.68. The van der Waals surface area contributed by atoms with Crippen molar-refractivity contribution < 1.29 is 18.0 Å². The number of fused-ring (bicyclic) bond motifs is 1. The van der Waals surface area contributed by atoms with Crippen molar-refractivity contribution in [3.63, 3.8) is 0 Å². The van der Waals surface area contributed by atoms with Gasteiger partial charge in [-0.25, -0.2) is 0 Å². The van der Waals surface area contributed by atoms with Gasteiger partial charge in [-0.3, -0.25) is 4.79 Å². The van der Waals surface area contributed by atoms with E-state index in [9.17, 15) is 18.0 Å². The third-order valence-electron chi connectivity index (χ3n) is 4.43. The van der Waals surface area contributed by atoms with E-state index in [4.69, 9.17) is 0 Å². The lowest BCUT2D eigenvalue weighted by Gasteiger charge is -2.34. The number of nitrogens with zero attached hydrogens (tertiary/aromatic N) is 1. The topological polar surface area (TPSA) is 32.3 Å². The van der Waals surface area contributed by atoms with Crippen LogP contribution < -0.4 is 5.32 Å². The van der Waals surface area contributed by atoms with Crippen LogP contribution in [0.25, 0.3) is 0 Å². The molecular formula is C15H17F3N2O. The van der Waals surface area contributed by atoms with Crippen molar-refractivity contribution in [2.24, 2.45) is 11.8 Å². The maximum atomic E-state index is 12.7. The minimum atomic E-state index is -4.42. The Morgan fingerprint density at radius 1 is 1.24 bits per heavy atom. The van der Waals surface area contributed by atoms with E-state index in [2.05, 4.69) is 5.32 Å². The molecule has 114 valence electrons. The molecule has 2 aliphatic heterocycles. The summed E-state index contributed by atoms with van der Waals surface area (Å²) in [5, 5.41) is 3.31. The Morgan fingerprint density at radius 2 is 2.00 bits per heavy atom. The minimum Gasteiger partial charge on any atom is -0.338 e. The first-order valence-electron chi connectivity index (χ1n) is 7.12. The summed E-state index contributed by atoms with van der Waals surface area (Å²) in [4.78, 5) is 14.1. The number of benzene rings is 1. The first kappa shape index (κ1) is 14.4. The number of piperidine rings is 1. The highest BCUT2D eigenvalue weighted by atomic mass is 19.4. The van der Waals surface area contributed by atoms with Crippen molar-refractivity contribution in [2.45, 2.75) is 12.6 Å². The van der Waals surface area contributed by atoms with Crippen molar-refractivity contribution in [3.05, 3.63) is 35.4 Å². The highest BCUT2D eigenvalue weighted by Crippen LogP contribution is 2.31. The molecule has 3 rings (SSSR count). The van der Waals surface area contributed by atoms with Gasteiger partial charge >= 0.3 is 6.18 Å². The molecule has 6 heteroatoms. The van der Waals surface area contributed by atoms with Crippen LogP contribution in [0.1, 0.15) is 22.3 Å². The van der Waals surface area contributed by atoms with Crippen LogP contribution in [0, 0.1) is 11.8 Å². The Balaban J connectivity index is 1.76. The van der Waals surface area contributed by atoms with E-state index in [1.165, 1.54) is 12.1 Å². The number of carbonyl (C=O) groups excluding carboxylic acids is 1. The molecule has 0 bridgehead atoms. The average molecular weight is 298 g/mol. The number of hydrogen-bond acceptors (Lipinski definition) is 2. The zero-order valence-corrected chi connectivity index (χ0v) is 11.5. The molecule has 0 aromatic heterocycles. The number of nitrogens with one attached hydrogen (secondary N) is 1. The quantitative estimate of drug-likeness (QED) is 0.863. The Labute approximate surface area is 121 Å². The first-order chi connectivity index (χ1) is 9.95. The average Bonchev–Trinajstić information content (AvgIpc) is 2.93. The normalized spacial score (nSPS) is 25.8. The van der Waals surface area contributed by atoms with Gasteiger partial charge in [0, 0.05) is 18.7 Å². The molecule has 2 saturated heterocycles. The van der Waals surface area contributed by atoms with Crippen molar-refractivity contribution in [1.82, 2.24) is 10.2 Å². The fourth-order valence-electron chi connectivity index (χ4n) is 3.23. The Hall–Kier alpha value is -1.56. The standard InChI is InChI=1S/C15H17F3N2O/c16-15(17,18)13-3-1-2-10(6-13)14(21)20-5-4-11-7-19-8-12(11)9-20/h1-3,6,11-12,19H,4-5,7-9H2. The SMILES string of the molecule is O=C(c1cccc(C(F)(F)F)c1)N1CCC2CNCC2C1. The first-order valence-corrected chi connectivity index (χ1v) is 7.12. The maximum absolute atomic E-state index is 12.7. The second-order valence-corrected chi connectivity index (χ2v) is 5.80. The summed E-state index contributed by atoms with van der Waals surface area (Å²) in [6.07, 6.45) is -3.50. The third-order valence-corrected chi connectivity index (χ3v) is 4.43. The molecule has 0 aliphatic carbocycles. The fourth-order valence-corrected chi connectivity index (χ4v) is 3.23. The molecule has 3 nitrogen and oxygen atoms in total. The molecule has 2 atom stereocenters. The van der Waals surface area contributed by atoms with Crippen molar-refractivity contribution in [3.8, 4) is 0 Å². The Morgan fingerprint density at radius 3 is 2.76 bits per heavy atom. The van der Waals surface area contributed by atoms with Crippen molar-refractivity contribution in [1.29, 1.82) is 0 Å². The molecule has 2 unspecified atom stereocenters. The molecule has 0 radical (unpaired) electrons. The minimum absolute atomic E-state index is 0.120. The molecule has 1 aromatic carbocycles. The molecule has 0 spiro atoms. The molecule has 2 heterocycles. The summed E-state index contributed by atoms with van der Waals surface area (Å²) >= 11 is 0. The predicted octanol–water partition coefficient (Wildman–Crippen LogP) is 2.39. The Kier molecular flexibility index (Phi) is 3.65. The fraction of sp³-hybridized carbons (Fsp3) is 0.533. The van der Waals surface area contributed by atoms with Crippen LogP contribution >= 0.6 is 0 Å². The number of alkyl halides is 3. The zero-order valence-electron chi connectivity index (χ0n) is 11.5. The van der Waals surface area contributed by atoms with Crippen LogP contribution in [-0.2, 0) is 6.18 Å². The summed E-state index contributed by atoms with van der Waals surface area (Å²) < 4.78 is 38.1. The third kappa shape index (κ3) is 2.90. The van der Waals surface area contributed by atoms with Gasteiger partial charge in [-0.2, -0.15) is 13.2 Å². The highest BCUT2D eigenvalue weighted by Gasteiger charge is 2.35. The molecule has 1 aromatic rings. The number of halogens is 3. The van der Waals surface area contributed by atoms with Gasteiger partial charge in [0.05, 0.1) is 5.56 Å². The largest absolute Gasteiger partial charge is 0.416 e. The van der Waals surface area contributed by atoms with Gasteiger partial charge in [0.25, 0.3) is 5.91 Å². The zero-order chi connectivity index (χ0) is 15.0. The van der Waals surface area contributed by atoms with Crippen molar-refractivity contribution >= 4 is 5.91 Å². The molecule has 2 aliphatic rings. The van der Waals surface area contributed by atoms with Crippen LogP contribution in [0.2, 0.25) is 0 Å². The summed E-state index contributed by atoms with van der Waals surface area (Å²) in [6.45, 7) is 3.12. The van der Waals surface area contributed by atoms with Gasteiger partial charge in [0.15, 0.2) is 0 Å². The number of hydrogen-bond donors (Lipinski definition) is 1. The molecule has 1 amide bonds. The Bertz CT molecular complexity index is 544. The lowest BCUT2D eigenvalue weighted by Crippen LogP contribution is -2.43. The van der Waals surface area contributed by atoms with E-state index in [0.29, 0.717) is 24.9 Å². The summed E-state index contributed by atoms with van der Waals surface area (Å²) in [5.74, 6) is 0.718. The smallest absolute Gasteiger partial charge is 0.338 e. The van der Waals surface area contributed by atoms with Gasteiger partial charge in [0.1, 0.15) is 0 Å². The molecule has 1 N–H and O–H groups in total. The summed E-state index contributed by atoms with van der Waals surface area (Å²) in [7, 11) is 0. The van der Waals surface area contributed by atoms with E-state index < -0.39 is 11.7 Å². The van der Waals surface area contributed by atoms with Gasteiger partial charge in [-0.15, -0.1) is 0 Å². The molecule has 2 fully saturated rings. The van der Waals surface area contributed by atoms with E-state index in [-0.39, 0.29) is 11.5 Å². The number of rotatable bonds is 1. The molecule has 0 saturated carbocycles. The molecular weight excluding hydrogens is 281 g/mol. The monoisotopic (exact) mass is 298 g/mol. The van der Waals surface area contributed by atoms with Crippen LogP contribution in [0.4, 0.5) is 13.2 Å². The van der Waals surface area contributed by atoms with Gasteiger partial charge in [0.2, 0.25) is 0 Å². The van der Waals surface area contributed by atoms with E-state index >= 15 is 0 Å². The lowest BCUT2D eigenvalue weighted by atomic mass is 9.88. The van der Waals surface area contributed by atoms with Gasteiger partial charge in [-0.05, 0) is 49.5 Å². The maximum Gasteiger partial charge on any atom is 0.416 e. The second-order valence-electron chi connectivity index (χ2n) is 5.80. The molecule has 21 heavy (non-hydrogen) atoms. The van der Waals surface area contributed by atoms with Crippen LogP contribution in [-0.4, -0.2) is 37.0 Å². The van der Waals surface area contributed by atoms with Gasteiger partial charge in [-0.1, -0.05) is 6.07 Å². The van der Waals surface area contributed by atoms with E-state index in [0.717, 1.165) is 31.6 Å². The lowest BCUT2D eigenvalue weighted by molar-refractivity contribution is -0.137. The van der Waals surface area contributed by atoms with Gasteiger partial charge < -0.3 is 10.2 Å². The highest BCUT2D eigenvalue weighted by molar-refractivity contribution is 5.94. The van der Waals surface area contributed by atoms with E-state index in [1.807, 2.05) is 0 Å². The predicted molar refractivity (Wildman–Crippen MR) is 71.8 cm³/mol. The number of carbonyl (C=O) groups is 1. The number of likely N-dealkylation sites (tertiary alicyclic amines) is 1. The number of amides is 1. The van der Waals surface area contributed by atoms with Crippen LogP contribution in [0.3, 0.4) is 0 Å². The van der Waals surface area contributed by atoms with Crippen molar-refractivity contribution in [2.75, 3.05) is 26.2 Å².